The van der Waals surface area contributed by atoms with E-state index in [1.54, 1.807) is 11.3 Å². The van der Waals surface area contributed by atoms with Crippen LogP contribution in [0.15, 0.2) is 22.7 Å². The molecule has 8 heteroatoms. The van der Waals surface area contributed by atoms with Gasteiger partial charge in [0.2, 0.25) is 11.9 Å². The molecule has 3 heterocycles. The molecule has 2 aromatic heterocycles. The van der Waals surface area contributed by atoms with Crippen molar-refractivity contribution in [3.05, 3.63) is 22.4 Å². The molecule has 6 nitrogen and oxygen atoms in total. The summed E-state index contributed by atoms with van der Waals surface area (Å²) in [5.41, 5.74) is 0. The van der Waals surface area contributed by atoms with E-state index in [2.05, 4.69) is 36.4 Å². The van der Waals surface area contributed by atoms with Gasteiger partial charge in [-0.15, -0.1) is 21.5 Å². The number of nitrogens with one attached hydrogen (secondary N) is 1. The van der Waals surface area contributed by atoms with Gasteiger partial charge in [-0.1, -0.05) is 17.8 Å². The van der Waals surface area contributed by atoms with Crippen LogP contribution in [-0.4, -0.2) is 46.1 Å². The maximum Gasteiger partial charge on any atom is 0.230 e. The fourth-order valence-electron chi connectivity index (χ4n) is 3.29. The smallest absolute Gasteiger partial charge is 0.230 e. The van der Waals surface area contributed by atoms with Crippen LogP contribution in [0.2, 0.25) is 0 Å². The molecule has 0 aromatic carbocycles. The lowest BCUT2D eigenvalue weighted by Crippen LogP contribution is -2.32. The zero-order valence-electron chi connectivity index (χ0n) is 14.9. The predicted molar refractivity (Wildman–Crippen MR) is 106 cm³/mol. The molecule has 2 fully saturated rings. The molecule has 1 amide bonds. The molecule has 1 saturated heterocycles. The molecule has 2 aromatic rings. The molecule has 2 aliphatic rings. The topological polar surface area (TPSA) is 63.1 Å². The van der Waals surface area contributed by atoms with Gasteiger partial charge >= 0.3 is 0 Å². The second-order valence-corrected chi connectivity index (χ2v) is 8.87. The molecule has 140 valence electrons. The van der Waals surface area contributed by atoms with E-state index >= 15 is 0 Å². The zero-order chi connectivity index (χ0) is 17.8. The SMILES string of the molecule is O=C(CSc1nnc(N2CCCCC2)n1C1CC1)NCCc1cccs1. The summed E-state index contributed by atoms with van der Waals surface area (Å²) in [4.78, 5) is 15.8. The Morgan fingerprint density at radius 2 is 2.12 bits per heavy atom. The number of piperidine rings is 1. The number of hydrogen-bond donors (Lipinski definition) is 1. The van der Waals surface area contributed by atoms with Gasteiger partial charge in [0.25, 0.3) is 0 Å². The third kappa shape index (κ3) is 4.40. The van der Waals surface area contributed by atoms with Gasteiger partial charge in [-0.25, -0.2) is 0 Å². The van der Waals surface area contributed by atoms with Crippen LogP contribution in [0.4, 0.5) is 5.95 Å². The van der Waals surface area contributed by atoms with Gasteiger partial charge in [-0.3, -0.25) is 9.36 Å². The Hall–Kier alpha value is -1.54. The number of carbonyl (C=O) groups is 1. The number of carbonyl (C=O) groups excluding carboxylic acids is 1. The number of hydrogen-bond acceptors (Lipinski definition) is 6. The largest absolute Gasteiger partial charge is 0.355 e. The molecule has 0 bridgehead atoms. The Kier molecular flexibility index (Phi) is 5.79. The third-order valence-electron chi connectivity index (χ3n) is 4.80. The number of nitrogens with zero attached hydrogens (tertiary/aromatic N) is 4. The van der Waals surface area contributed by atoms with Crippen molar-refractivity contribution in [3.63, 3.8) is 0 Å². The van der Waals surface area contributed by atoms with Gasteiger partial charge in [0.05, 0.1) is 5.75 Å². The van der Waals surface area contributed by atoms with E-state index < -0.39 is 0 Å². The molecule has 26 heavy (non-hydrogen) atoms. The van der Waals surface area contributed by atoms with Gasteiger partial charge in [0, 0.05) is 30.6 Å². The lowest BCUT2D eigenvalue weighted by Gasteiger charge is -2.27. The van der Waals surface area contributed by atoms with Crippen molar-refractivity contribution in [2.45, 2.75) is 49.7 Å². The highest BCUT2D eigenvalue weighted by atomic mass is 32.2. The summed E-state index contributed by atoms with van der Waals surface area (Å²) in [6.45, 7) is 2.83. The van der Waals surface area contributed by atoms with Gasteiger partial charge in [0.15, 0.2) is 5.16 Å². The molecule has 1 aliphatic heterocycles. The van der Waals surface area contributed by atoms with Crippen molar-refractivity contribution < 1.29 is 4.79 Å². The summed E-state index contributed by atoms with van der Waals surface area (Å²) in [6, 6.07) is 4.67. The van der Waals surface area contributed by atoms with E-state index in [0.717, 1.165) is 30.6 Å². The lowest BCUT2D eigenvalue weighted by molar-refractivity contribution is -0.118. The summed E-state index contributed by atoms with van der Waals surface area (Å²) in [6.07, 6.45) is 7.05. The molecule has 1 saturated carbocycles. The summed E-state index contributed by atoms with van der Waals surface area (Å²) in [7, 11) is 0. The van der Waals surface area contributed by atoms with Crippen molar-refractivity contribution in [2.24, 2.45) is 0 Å². The van der Waals surface area contributed by atoms with E-state index in [-0.39, 0.29) is 5.91 Å². The number of rotatable bonds is 8. The average molecular weight is 392 g/mol. The molecule has 1 N–H and O–H groups in total. The van der Waals surface area contributed by atoms with Crippen molar-refractivity contribution >= 4 is 35.0 Å². The Balaban J connectivity index is 1.31. The van der Waals surface area contributed by atoms with Crippen molar-refractivity contribution in [2.75, 3.05) is 30.3 Å². The molecule has 0 spiro atoms. The van der Waals surface area contributed by atoms with Crippen LogP contribution >= 0.6 is 23.1 Å². The minimum Gasteiger partial charge on any atom is -0.355 e. The summed E-state index contributed by atoms with van der Waals surface area (Å²) >= 11 is 3.24. The van der Waals surface area contributed by atoms with Gasteiger partial charge in [0.1, 0.15) is 0 Å². The van der Waals surface area contributed by atoms with Crippen LogP contribution in [-0.2, 0) is 11.2 Å². The standard InChI is InChI=1S/C18H25N5OS2/c24-16(19-9-8-15-5-4-12-25-15)13-26-18-21-20-17(23(18)14-6-7-14)22-10-2-1-3-11-22/h4-5,12,14H,1-3,6-11,13H2,(H,19,24). The second kappa shape index (κ2) is 8.43. The molecule has 4 rings (SSSR count). The number of anilines is 1. The average Bonchev–Trinajstić information content (AvgIpc) is 3.20. The molecule has 0 unspecified atom stereocenters. The predicted octanol–water partition coefficient (Wildman–Crippen LogP) is 3.12. The number of thiophene rings is 1. The second-order valence-electron chi connectivity index (χ2n) is 6.90. The van der Waals surface area contributed by atoms with E-state index in [0.29, 0.717) is 18.3 Å². The lowest BCUT2D eigenvalue weighted by atomic mass is 10.1. The summed E-state index contributed by atoms with van der Waals surface area (Å²) < 4.78 is 2.27. The van der Waals surface area contributed by atoms with Gasteiger partial charge in [-0.2, -0.15) is 0 Å². The van der Waals surface area contributed by atoms with Gasteiger partial charge < -0.3 is 10.2 Å². The third-order valence-corrected chi connectivity index (χ3v) is 6.68. The van der Waals surface area contributed by atoms with Gasteiger partial charge in [-0.05, 0) is 50.0 Å². The highest BCUT2D eigenvalue weighted by Gasteiger charge is 2.32. The van der Waals surface area contributed by atoms with Crippen LogP contribution in [0.1, 0.15) is 43.0 Å². The van der Waals surface area contributed by atoms with Crippen LogP contribution in [0.3, 0.4) is 0 Å². The minimum absolute atomic E-state index is 0.0661. The van der Waals surface area contributed by atoms with Crippen LogP contribution < -0.4 is 10.2 Å². The minimum atomic E-state index is 0.0661. The Bertz CT molecular complexity index is 720. The first-order valence-electron chi connectivity index (χ1n) is 9.43. The van der Waals surface area contributed by atoms with E-state index in [1.807, 2.05) is 6.07 Å². The number of thioether (sulfide) groups is 1. The molecule has 0 radical (unpaired) electrons. The molecular formula is C18H25N5OS2. The quantitative estimate of drug-likeness (QED) is 0.701. The Morgan fingerprint density at radius 3 is 2.85 bits per heavy atom. The maximum atomic E-state index is 12.2. The zero-order valence-corrected chi connectivity index (χ0v) is 16.5. The first-order chi connectivity index (χ1) is 12.8. The first-order valence-corrected chi connectivity index (χ1v) is 11.3. The highest BCUT2D eigenvalue weighted by Crippen LogP contribution is 2.41. The number of aromatic nitrogens is 3. The van der Waals surface area contributed by atoms with Crippen LogP contribution in [0.25, 0.3) is 0 Å². The number of amides is 1. The molecular weight excluding hydrogens is 366 g/mol. The maximum absolute atomic E-state index is 12.2. The van der Waals surface area contributed by atoms with E-state index in [1.165, 1.54) is 48.7 Å². The van der Waals surface area contributed by atoms with Crippen LogP contribution in [0, 0.1) is 0 Å². The van der Waals surface area contributed by atoms with E-state index in [9.17, 15) is 4.79 Å². The Labute approximate surface area is 162 Å². The monoisotopic (exact) mass is 391 g/mol. The first kappa shape index (κ1) is 17.9. The van der Waals surface area contributed by atoms with E-state index in [4.69, 9.17) is 0 Å². The fraction of sp³-hybridized carbons (Fsp3) is 0.611. The van der Waals surface area contributed by atoms with Crippen molar-refractivity contribution in [3.8, 4) is 0 Å². The summed E-state index contributed by atoms with van der Waals surface area (Å²) in [5.74, 6) is 1.47. The van der Waals surface area contributed by atoms with Crippen molar-refractivity contribution in [1.29, 1.82) is 0 Å². The Morgan fingerprint density at radius 1 is 1.27 bits per heavy atom. The van der Waals surface area contributed by atoms with Crippen molar-refractivity contribution in [1.82, 2.24) is 20.1 Å². The highest BCUT2D eigenvalue weighted by molar-refractivity contribution is 7.99. The summed E-state index contributed by atoms with van der Waals surface area (Å²) in [5, 5.41) is 14.8. The normalized spacial score (nSPS) is 17.5. The van der Waals surface area contributed by atoms with Crippen LogP contribution in [0.5, 0.6) is 0 Å². The fourth-order valence-corrected chi connectivity index (χ4v) is 4.83. The molecule has 0 atom stereocenters. The molecule has 1 aliphatic carbocycles.